The van der Waals surface area contributed by atoms with Gasteiger partial charge in [0.05, 0.1) is 5.71 Å². The van der Waals surface area contributed by atoms with Gasteiger partial charge in [0, 0.05) is 10.1 Å². The molecule has 12 heavy (non-hydrogen) atoms. The van der Waals surface area contributed by atoms with Crippen molar-refractivity contribution < 1.29 is 0 Å². The highest BCUT2D eigenvalue weighted by Gasteiger charge is 2.09. The minimum absolute atomic E-state index is 0.479. The van der Waals surface area contributed by atoms with Gasteiger partial charge in [0.15, 0.2) is 0 Å². The third-order valence-corrected chi connectivity index (χ3v) is 2.24. The van der Waals surface area contributed by atoms with Crippen molar-refractivity contribution in [1.29, 1.82) is 5.41 Å². The summed E-state index contributed by atoms with van der Waals surface area (Å²) in [6.07, 6.45) is 7.74. The topological polar surface area (TPSA) is 23.9 Å². The molecule has 0 saturated heterocycles. The maximum Gasteiger partial charge on any atom is 0.0620 e. The number of rotatable bonds is 1. The summed E-state index contributed by atoms with van der Waals surface area (Å²) in [4.78, 5) is 0. The summed E-state index contributed by atoms with van der Waals surface area (Å²) in [6.45, 7) is 4.22. The lowest BCUT2D eigenvalue weighted by Crippen LogP contribution is -2.02. The number of nitrogens with one attached hydrogen (secondary N) is 1. The molecule has 0 aromatic rings. The Morgan fingerprint density at radius 3 is 2.67 bits per heavy atom. The first-order chi connectivity index (χ1) is 5.61. The molecule has 0 atom stereocenters. The van der Waals surface area contributed by atoms with Crippen LogP contribution in [-0.2, 0) is 0 Å². The zero-order valence-corrected chi connectivity index (χ0v) is 8.85. The molecule has 64 valence electrons. The van der Waals surface area contributed by atoms with Crippen molar-refractivity contribution in [3.63, 3.8) is 0 Å². The van der Waals surface area contributed by atoms with Gasteiger partial charge in [-0.1, -0.05) is 41.9 Å². The first kappa shape index (κ1) is 9.46. The minimum Gasteiger partial charge on any atom is -0.300 e. The van der Waals surface area contributed by atoms with E-state index in [0.29, 0.717) is 11.6 Å². The number of hydrogen-bond acceptors (Lipinski definition) is 1. The van der Waals surface area contributed by atoms with E-state index in [2.05, 4.69) is 35.9 Å². The third kappa shape index (κ3) is 2.18. The zero-order valence-electron chi connectivity index (χ0n) is 7.26. The molecule has 1 nitrogen and oxygen atoms in total. The Kier molecular flexibility index (Phi) is 3.04. The second kappa shape index (κ2) is 3.85. The number of hydrogen-bond donors (Lipinski definition) is 1. The van der Waals surface area contributed by atoms with Crippen LogP contribution >= 0.6 is 15.9 Å². The first-order valence-electron chi connectivity index (χ1n) is 3.96. The van der Waals surface area contributed by atoms with Gasteiger partial charge in [0.2, 0.25) is 0 Å². The highest BCUT2D eigenvalue weighted by atomic mass is 79.9. The summed E-state index contributed by atoms with van der Waals surface area (Å²) in [5.41, 5.74) is 1.57. The summed E-state index contributed by atoms with van der Waals surface area (Å²) in [7, 11) is 0. The van der Waals surface area contributed by atoms with E-state index in [-0.39, 0.29) is 0 Å². The van der Waals surface area contributed by atoms with Gasteiger partial charge in [-0.2, -0.15) is 0 Å². The second-order valence-electron chi connectivity index (χ2n) is 3.11. The molecule has 0 amide bonds. The standard InChI is InChI=1S/C10H12BrN/c1-7(2)6-8-9(11)4-3-5-10(8)12/h3-7,12H,1-2H3/b8-6-,12-10?. The van der Waals surface area contributed by atoms with Crippen molar-refractivity contribution in [2.75, 3.05) is 0 Å². The quantitative estimate of drug-likeness (QED) is 0.708. The van der Waals surface area contributed by atoms with E-state index in [1.807, 2.05) is 12.2 Å². The molecule has 0 aromatic heterocycles. The van der Waals surface area contributed by atoms with Gasteiger partial charge in [-0.15, -0.1) is 0 Å². The third-order valence-electron chi connectivity index (χ3n) is 1.55. The Balaban J connectivity index is 2.97. The fourth-order valence-corrected chi connectivity index (χ4v) is 1.54. The van der Waals surface area contributed by atoms with E-state index < -0.39 is 0 Å². The van der Waals surface area contributed by atoms with Crippen molar-refractivity contribution in [2.45, 2.75) is 13.8 Å². The number of allylic oxidation sites excluding steroid dienone is 6. The summed E-state index contributed by atoms with van der Waals surface area (Å²) in [6, 6.07) is 0. The SMILES string of the molecule is CC(C)/C=C1\C(=N)C=CC=C1Br. The second-order valence-corrected chi connectivity index (χ2v) is 3.97. The molecule has 0 aliphatic heterocycles. The van der Waals surface area contributed by atoms with Gasteiger partial charge in [-0.25, -0.2) is 0 Å². The molecule has 1 aliphatic carbocycles. The Morgan fingerprint density at radius 2 is 2.17 bits per heavy atom. The molecule has 0 unspecified atom stereocenters. The van der Waals surface area contributed by atoms with Gasteiger partial charge >= 0.3 is 0 Å². The summed E-state index contributed by atoms with van der Waals surface area (Å²) < 4.78 is 1.00. The largest absolute Gasteiger partial charge is 0.300 e. The number of halogens is 1. The monoisotopic (exact) mass is 225 g/mol. The van der Waals surface area contributed by atoms with E-state index >= 15 is 0 Å². The molecule has 0 aromatic carbocycles. The van der Waals surface area contributed by atoms with Gasteiger partial charge in [-0.3, -0.25) is 0 Å². The van der Waals surface area contributed by atoms with Crippen LogP contribution in [0.3, 0.4) is 0 Å². The molecular weight excluding hydrogens is 214 g/mol. The minimum atomic E-state index is 0.479. The average Bonchev–Trinajstić information content (AvgIpc) is 1.97. The summed E-state index contributed by atoms with van der Waals surface area (Å²) in [5.74, 6) is 0.479. The normalized spacial score (nSPS) is 20.5. The maximum atomic E-state index is 7.64. The molecule has 0 bridgehead atoms. The zero-order chi connectivity index (χ0) is 9.14. The highest BCUT2D eigenvalue weighted by molar-refractivity contribution is 9.12. The van der Waals surface area contributed by atoms with Crippen LogP contribution in [0, 0.1) is 11.3 Å². The Hall–Kier alpha value is -0.630. The lowest BCUT2D eigenvalue weighted by atomic mass is 10.0. The predicted octanol–water partition coefficient (Wildman–Crippen LogP) is 3.44. The van der Waals surface area contributed by atoms with Gasteiger partial charge < -0.3 is 5.41 Å². The Bertz CT molecular complexity index is 282. The first-order valence-corrected chi connectivity index (χ1v) is 4.75. The molecule has 0 radical (unpaired) electrons. The van der Waals surface area contributed by atoms with E-state index in [0.717, 1.165) is 10.1 Å². The molecule has 1 N–H and O–H groups in total. The smallest absolute Gasteiger partial charge is 0.0620 e. The molecule has 0 spiro atoms. The fourth-order valence-electron chi connectivity index (χ4n) is 1.04. The van der Waals surface area contributed by atoms with Gasteiger partial charge in [0.25, 0.3) is 0 Å². The van der Waals surface area contributed by atoms with Crippen molar-refractivity contribution >= 4 is 21.6 Å². The van der Waals surface area contributed by atoms with Crippen LogP contribution in [-0.4, -0.2) is 5.71 Å². The fraction of sp³-hybridized carbons (Fsp3) is 0.300. The van der Waals surface area contributed by atoms with Gasteiger partial charge in [-0.05, 0) is 18.1 Å². The van der Waals surface area contributed by atoms with Crippen LogP contribution in [0.1, 0.15) is 13.8 Å². The van der Waals surface area contributed by atoms with Crippen LogP contribution in [0.4, 0.5) is 0 Å². The van der Waals surface area contributed by atoms with Crippen LogP contribution in [0.15, 0.2) is 34.4 Å². The molecule has 0 fully saturated rings. The lowest BCUT2D eigenvalue weighted by molar-refractivity contribution is 0.828. The van der Waals surface area contributed by atoms with Crippen molar-refractivity contribution in [3.05, 3.63) is 34.4 Å². The molecule has 2 heteroatoms. The summed E-state index contributed by atoms with van der Waals surface area (Å²) >= 11 is 3.42. The van der Waals surface area contributed by atoms with E-state index in [9.17, 15) is 0 Å². The summed E-state index contributed by atoms with van der Waals surface area (Å²) in [5, 5.41) is 7.64. The van der Waals surface area contributed by atoms with Gasteiger partial charge in [0.1, 0.15) is 0 Å². The van der Waals surface area contributed by atoms with Crippen LogP contribution in [0.25, 0.3) is 0 Å². The average molecular weight is 226 g/mol. The van der Waals surface area contributed by atoms with E-state index in [4.69, 9.17) is 5.41 Å². The predicted molar refractivity (Wildman–Crippen MR) is 56.8 cm³/mol. The molecule has 0 heterocycles. The van der Waals surface area contributed by atoms with Crippen LogP contribution in [0.2, 0.25) is 0 Å². The maximum absolute atomic E-state index is 7.64. The van der Waals surface area contributed by atoms with Crippen LogP contribution in [0.5, 0.6) is 0 Å². The molecule has 1 aliphatic rings. The van der Waals surface area contributed by atoms with Crippen molar-refractivity contribution in [3.8, 4) is 0 Å². The Labute approximate surface area is 81.5 Å². The lowest BCUT2D eigenvalue weighted by Gasteiger charge is -2.09. The van der Waals surface area contributed by atoms with Crippen LogP contribution < -0.4 is 0 Å². The van der Waals surface area contributed by atoms with Crippen molar-refractivity contribution in [1.82, 2.24) is 0 Å². The highest BCUT2D eigenvalue weighted by Crippen LogP contribution is 2.23. The Morgan fingerprint density at radius 1 is 1.50 bits per heavy atom. The molecule has 1 rings (SSSR count). The van der Waals surface area contributed by atoms with Crippen molar-refractivity contribution in [2.24, 2.45) is 5.92 Å². The molecular formula is C10H12BrN. The van der Waals surface area contributed by atoms with E-state index in [1.54, 1.807) is 6.08 Å². The van der Waals surface area contributed by atoms with E-state index in [1.165, 1.54) is 0 Å². The molecule has 0 saturated carbocycles.